The minimum Gasteiger partial charge on any atom is -0.494 e. The van der Waals surface area contributed by atoms with Crippen molar-refractivity contribution in [3.05, 3.63) is 71.5 Å². The first-order valence-electron chi connectivity index (χ1n) is 9.35. The molecule has 7 nitrogen and oxygen atoms in total. The summed E-state index contributed by atoms with van der Waals surface area (Å²) in [5, 5.41) is 12.1. The fourth-order valence-electron chi connectivity index (χ4n) is 3.15. The molecule has 1 amide bonds. The van der Waals surface area contributed by atoms with Gasteiger partial charge in [0.15, 0.2) is 0 Å². The molecule has 3 N–H and O–H groups in total. The van der Waals surface area contributed by atoms with Crippen LogP contribution in [-0.2, 0) is 0 Å². The largest absolute Gasteiger partial charge is 0.494 e. The summed E-state index contributed by atoms with van der Waals surface area (Å²) in [6.07, 6.45) is 1.65. The van der Waals surface area contributed by atoms with Crippen LogP contribution in [0, 0.1) is 6.92 Å². The fraction of sp³-hybridized carbons (Fsp3) is 0.136. The van der Waals surface area contributed by atoms with Gasteiger partial charge in [0.2, 0.25) is 0 Å². The zero-order valence-corrected chi connectivity index (χ0v) is 16.2. The standard InChI is InChI=1S/C22H21N5O2/c1-3-29-16-10-8-15(9-11-16)20-12-21(26-25-20)22(28)27-23-13-18-14(2)24-19-7-5-4-6-17(18)19/h4-13,24H,3H2,1-2H3,(H,25,26)(H,27,28)/b23-13+. The Morgan fingerprint density at radius 1 is 1.21 bits per heavy atom. The lowest BCUT2D eigenvalue weighted by Crippen LogP contribution is -2.18. The number of aryl methyl sites for hydroxylation is 1. The molecule has 146 valence electrons. The molecule has 0 unspecified atom stereocenters. The number of aromatic amines is 2. The molecular formula is C22H21N5O2. The van der Waals surface area contributed by atoms with Crippen molar-refractivity contribution in [1.82, 2.24) is 20.6 Å². The number of amides is 1. The summed E-state index contributed by atoms with van der Waals surface area (Å²) in [6.45, 7) is 4.53. The lowest BCUT2D eigenvalue weighted by atomic mass is 10.1. The topological polar surface area (TPSA) is 95.2 Å². The van der Waals surface area contributed by atoms with Gasteiger partial charge in [0, 0.05) is 27.7 Å². The summed E-state index contributed by atoms with van der Waals surface area (Å²) in [5.74, 6) is 0.440. The molecule has 0 saturated carbocycles. The Bertz CT molecular complexity index is 1170. The molecule has 2 heterocycles. The summed E-state index contributed by atoms with van der Waals surface area (Å²) < 4.78 is 5.44. The van der Waals surface area contributed by atoms with Crippen molar-refractivity contribution in [1.29, 1.82) is 0 Å². The second-order valence-corrected chi connectivity index (χ2v) is 6.53. The van der Waals surface area contributed by atoms with E-state index in [2.05, 4.69) is 25.7 Å². The number of benzene rings is 2. The van der Waals surface area contributed by atoms with Gasteiger partial charge in [-0.25, -0.2) is 5.43 Å². The first-order chi connectivity index (χ1) is 14.2. The van der Waals surface area contributed by atoms with Gasteiger partial charge in [-0.05, 0) is 50.2 Å². The van der Waals surface area contributed by atoms with Gasteiger partial charge in [-0.3, -0.25) is 9.89 Å². The van der Waals surface area contributed by atoms with E-state index in [-0.39, 0.29) is 5.91 Å². The van der Waals surface area contributed by atoms with Crippen molar-refractivity contribution in [3.63, 3.8) is 0 Å². The first-order valence-corrected chi connectivity index (χ1v) is 9.35. The Morgan fingerprint density at radius 2 is 2.00 bits per heavy atom. The first kappa shape index (κ1) is 18.5. The van der Waals surface area contributed by atoms with Crippen LogP contribution in [0.5, 0.6) is 5.75 Å². The Kier molecular flexibility index (Phi) is 5.11. The SMILES string of the molecule is CCOc1ccc(-c2cc(C(=O)N/N=C/c3c(C)[nH]c4ccccc34)[nH]n2)cc1. The Balaban J connectivity index is 1.45. The molecule has 29 heavy (non-hydrogen) atoms. The van der Waals surface area contributed by atoms with E-state index < -0.39 is 0 Å². The summed E-state index contributed by atoms with van der Waals surface area (Å²) in [5.41, 5.74) is 7.41. The molecule has 0 aliphatic heterocycles. The highest BCUT2D eigenvalue weighted by atomic mass is 16.5. The number of rotatable bonds is 6. The number of aromatic nitrogens is 3. The summed E-state index contributed by atoms with van der Waals surface area (Å²) in [6, 6.07) is 17.2. The molecule has 0 fully saturated rings. The molecule has 0 radical (unpaired) electrons. The molecule has 2 aromatic carbocycles. The predicted octanol–water partition coefficient (Wildman–Crippen LogP) is 4.03. The van der Waals surface area contributed by atoms with Crippen molar-refractivity contribution >= 4 is 23.0 Å². The van der Waals surface area contributed by atoms with Crippen LogP contribution >= 0.6 is 0 Å². The highest BCUT2D eigenvalue weighted by Gasteiger charge is 2.11. The van der Waals surface area contributed by atoms with Crippen LogP contribution in [0.2, 0.25) is 0 Å². The van der Waals surface area contributed by atoms with E-state index in [1.807, 2.05) is 62.4 Å². The van der Waals surface area contributed by atoms with Gasteiger partial charge in [0.1, 0.15) is 11.4 Å². The Hall–Kier alpha value is -3.87. The average molecular weight is 387 g/mol. The number of para-hydroxylation sites is 1. The molecule has 4 rings (SSSR count). The van der Waals surface area contributed by atoms with Gasteiger partial charge in [0.05, 0.1) is 18.5 Å². The molecule has 0 saturated heterocycles. The van der Waals surface area contributed by atoms with Crippen LogP contribution in [0.1, 0.15) is 28.7 Å². The molecule has 0 aliphatic carbocycles. The minimum absolute atomic E-state index is 0.335. The van der Waals surface area contributed by atoms with Crippen LogP contribution in [0.15, 0.2) is 59.7 Å². The lowest BCUT2D eigenvalue weighted by molar-refractivity contribution is 0.0950. The number of H-pyrrole nitrogens is 2. The number of hydrogen-bond donors (Lipinski definition) is 3. The highest BCUT2D eigenvalue weighted by Crippen LogP contribution is 2.22. The van der Waals surface area contributed by atoms with E-state index in [1.165, 1.54) is 0 Å². The molecule has 7 heteroatoms. The number of ether oxygens (including phenoxy) is 1. The van der Waals surface area contributed by atoms with Crippen LogP contribution in [0.4, 0.5) is 0 Å². The Morgan fingerprint density at radius 3 is 2.79 bits per heavy atom. The van der Waals surface area contributed by atoms with Gasteiger partial charge in [-0.1, -0.05) is 18.2 Å². The van der Waals surface area contributed by atoms with Crippen molar-refractivity contribution in [2.45, 2.75) is 13.8 Å². The number of hydrazone groups is 1. The third kappa shape index (κ3) is 3.89. The maximum absolute atomic E-state index is 12.4. The second-order valence-electron chi connectivity index (χ2n) is 6.53. The smallest absolute Gasteiger partial charge is 0.289 e. The molecule has 4 aromatic rings. The predicted molar refractivity (Wildman–Crippen MR) is 113 cm³/mol. The number of hydrogen-bond acceptors (Lipinski definition) is 4. The van der Waals surface area contributed by atoms with E-state index in [9.17, 15) is 4.79 Å². The van der Waals surface area contributed by atoms with Crippen LogP contribution < -0.4 is 10.2 Å². The third-order valence-corrected chi connectivity index (χ3v) is 4.59. The molecule has 2 aromatic heterocycles. The highest BCUT2D eigenvalue weighted by molar-refractivity contribution is 6.01. The van der Waals surface area contributed by atoms with E-state index >= 15 is 0 Å². The maximum Gasteiger partial charge on any atom is 0.289 e. The van der Waals surface area contributed by atoms with Crippen molar-refractivity contribution in [3.8, 4) is 17.0 Å². The minimum atomic E-state index is -0.358. The molecule has 0 atom stereocenters. The monoisotopic (exact) mass is 387 g/mol. The van der Waals surface area contributed by atoms with E-state index in [1.54, 1.807) is 12.3 Å². The molecule has 0 spiro atoms. The summed E-state index contributed by atoms with van der Waals surface area (Å²) >= 11 is 0. The normalized spacial score (nSPS) is 11.2. The van der Waals surface area contributed by atoms with Crippen molar-refractivity contribution in [2.24, 2.45) is 5.10 Å². The van der Waals surface area contributed by atoms with Gasteiger partial charge in [-0.15, -0.1) is 0 Å². The average Bonchev–Trinajstić information content (AvgIpc) is 3.34. The number of nitrogens with one attached hydrogen (secondary N) is 3. The van der Waals surface area contributed by atoms with E-state index in [0.717, 1.165) is 33.5 Å². The zero-order valence-electron chi connectivity index (χ0n) is 16.2. The van der Waals surface area contributed by atoms with Crippen LogP contribution in [0.3, 0.4) is 0 Å². The number of carbonyl (C=O) groups excluding carboxylic acids is 1. The van der Waals surface area contributed by atoms with Gasteiger partial charge >= 0.3 is 0 Å². The summed E-state index contributed by atoms with van der Waals surface area (Å²) in [7, 11) is 0. The van der Waals surface area contributed by atoms with Crippen molar-refractivity contribution in [2.75, 3.05) is 6.61 Å². The van der Waals surface area contributed by atoms with E-state index in [0.29, 0.717) is 18.0 Å². The maximum atomic E-state index is 12.4. The Labute approximate surface area is 167 Å². The molecule has 0 aliphatic rings. The van der Waals surface area contributed by atoms with Crippen molar-refractivity contribution < 1.29 is 9.53 Å². The van der Waals surface area contributed by atoms with Crippen LogP contribution in [-0.4, -0.2) is 33.9 Å². The van der Waals surface area contributed by atoms with Gasteiger partial charge < -0.3 is 9.72 Å². The fourth-order valence-corrected chi connectivity index (χ4v) is 3.15. The molecule has 0 bridgehead atoms. The van der Waals surface area contributed by atoms with E-state index in [4.69, 9.17) is 4.74 Å². The zero-order chi connectivity index (χ0) is 20.2. The number of nitrogens with zero attached hydrogens (tertiary/aromatic N) is 2. The summed E-state index contributed by atoms with van der Waals surface area (Å²) in [4.78, 5) is 15.7. The lowest BCUT2D eigenvalue weighted by Gasteiger charge is -2.02. The number of fused-ring (bicyclic) bond motifs is 1. The van der Waals surface area contributed by atoms with Crippen LogP contribution in [0.25, 0.3) is 22.2 Å². The second kappa shape index (κ2) is 8.02. The quantitative estimate of drug-likeness (QED) is 0.344. The number of carbonyl (C=O) groups is 1. The van der Waals surface area contributed by atoms with Gasteiger partial charge in [0.25, 0.3) is 5.91 Å². The van der Waals surface area contributed by atoms with Gasteiger partial charge in [-0.2, -0.15) is 10.2 Å². The third-order valence-electron chi connectivity index (χ3n) is 4.59. The molecular weight excluding hydrogens is 366 g/mol.